The fourth-order valence-electron chi connectivity index (χ4n) is 3.99. The van der Waals surface area contributed by atoms with E-state index in [2.05, 4.69) is 50.4 Å². The van der Waals surface area contributed by atoms with Crippen molar-refractivity contribution in [3.8, 4) is 0 Å². The number of carbonyl (C=O) groups excluding carboxylic acids is 2. The Morgan fingerprint density at radius 3 is 2.27 bits per heavy atom. The maximum atomic E-state index is 13.1. The molecule has 30 heavy (non-hydrogen) atoms. The molecule has 0 radical (unpaired) electrons. The standard InChI is InChI=1S/C25H30N2O3/c1-24(2,3)19-7-9-20(10-8-19)25(11-12-25)23(29)26-21-6-4-5-18(17-21)22(28)27-13-15-30-16-14-27/h4-10,17H,11-16H2,1-3H3,(H,26,29). The zero-order valence-corrected chi connectivity index (χ0v) is 18.0. The minimum absolute atomic E-state index is 0.00183. The summed E-state index contributed by atoms with van der Waals surface area (Å²) in [6.45, 7) is 8.90. The Morgan fingerprint density at radius 2 is 1.67 bits per heavy atom. The summed E-state index contributed by atoms with van der Waals surface area (Å²) in [6.07, 6.45) is 1.69. The number of rotatable bonds is 4. The number of amides is 2. The van der Waals surface area contributed by atoms with Gasteiger partial charge in [0.2, 0.25) is 5.91 Å². The fourth-order valence-corrected chi connectivity index (χ4v) is 3.99. The average Bonchev–Trinajstić information content (AvgIpc) is 3.56. The molecule has 0 aromatic heterocycles. The van der Waals surface area contributed by atoms with Crippen LogP contribution in [0, 0.1) is 0 Å². The van der Waals surface area contributed by atoms with Crippen molar-refractivity contribution in [2.24, 2.45) is 0 Å². The molecule has 2 fully saturated rings. The van der Waals surface area contributed by atoms with Crippen molar-refractivity contribution in [1.82, 2.24) is 4.90 Å². The minimum Gasteiger partial charge on any atom is -0.378 e. The number of morpholine rings is 1. The molecule has 0 unspecified atom stereocenters. The van der Waals surface area contributed by atoms with Gasteiger partial charge in [-0.25, -0.2) is 0 Å². The van der Waals surface area contributed by atoms with Crippen LogP contribution in [0.3, 0.4) is 0 Å². The lowest BCUT2D eigenvalue weighted by atomic mass is 9.85. The van der Waals surface area contributed by atoms with Gasteiger partial charge in [0.25, 0.3) is 5.91 Å². The van der Waals surface area contributed by atoms with Crippen molar-refractivity contribution in [3.63, 3.8) is 0 Å². The first-order chi connectivity index (χ1) is 14.3. The third-order valence-corrected chi connectivity index (χ3v) is 6.15. The summed E-state index contributed by atoms with van der Waals surface area (Å²) < 4.78 is 5.32. The van der Waals surface area contributed by atoms with E-state index in [1.54, 1.807) is 17.0 Å². The van der Waals surface area contributed by atoms with Crippen molar-refractivity contribution < 1.29 is 14.3 Å². The fraction of sp³-hybridized carbons (Fsp3) is 0.440. The number of hydrogen-bond donors (Lipinski definition) is 1. The van der Waals surface area contributed by atoms with Gasteiger partial charge in [-0.05, 0) is 47.6 Å². The average molecular weight is 407 g/mol. The molecule has 2 aromatic rings. The normalized spacial score (nSPS) is 18.0. The van der Waals surface area contributed by atoms with E-state index in [0.29, 0.717) is 37.6 Å². The third kappa shape index (κ3) is 4.12. The summed E-state index contributed by atoms with van der Waals surface area (Å²) >= 11 is 0. The van der Waals surface area contributed by atoms with E-state index in [1.165, 1.54) is 5.56 Å². The van der Waals surface area contributed by atoms with Gasteiger partial charge in [0.15, 0.2) is 0 Å². The smallest absolute Gasteiger partial charge is 0.254 e. The van der Waals surface area contributed by atoms with Crippen LogP contribution in [-0.2, 0) is 20.4 Å². The van der Waals surface area contributed by atoms with E-state index in [4.69, 9.17) is 4.74 Å². The number of anilines is 1. The van der Waals surface area contributed by atoms with Crippen LogP contribution in [0.15, 0.2) is 48.5 Å². The van der Waals surface area contributed by atoms with Crippen molar-refractivity contribution in [1.29, 1.82) is 0 Å². The van der Waals surface area contributed by atoms with Gasteiger partial charge in [-0.15, -0.1) is 0 Å². The lowest BCUT2D eigenvalue weighted by Gasteiger charge is -2.27. The third-order valence-electron chi connectivity index (χ3n) is 6.15. The molecular formula is C25H30N2O3. The Labute approximate surface area is 178 Å². The van der Waals surface area contributed by atoms with E-state index >= 15 is 0 Å². The SMILES string of the molecule is CC(C)(C)c1ccc(C2(C(=O)Nc3cccc(C(=O)N4CCOCC4)c3)CC2)cc1. The van der Waals surface area contributed by atoms with E-state index < -0.39 is 5.41 Å². The Morgan fingerprint density at radius 1 is 1.00 bits per heavy atom. The van der Waals surface area contributed by atoms with Crippen LogP contribution in [0.2, 0.25) is 0 Å². The Bertz CT molecular complexity index is 934. The van der Waals surface area contributed by atoms with Gasteiger partial charge in [-0.2, -0.15) is 0 Å². The number of ether oxygens (including phenoxy) is 1. The second kappa shape index (κ2) is 7.88. The monoisotopic (exact) mass is 406 g/mol. The molecule has 0 bridgehead atoms. The van der Waals surface area contributed by atoms with Crippen LogP contribution >= 0.6 is 0 Å². The van der Waals surface area contributed by atoms with Crippen molar-refractivity contribution in [2.45, 2.75) is 44.4 Å². The highest BCUT2D eigenvalue weighted by Gasteiger charge is 2.51. The van der Waals surface area contributed by atoms with Gasteiger partial charge in [-0.1, -0.05) is 51.1 Å². The topological polar surface area (TPSA) is 58.6 Å². The van der Waals surface area contributed by atoms with Gasteiger partial charge in [0, 0.05) is 24.3 Å². The molecule has 5 heteroatoms. The van der Waals surface area contributed by atoms with Crippen LogP contribution in [-0.4, -0.2) is 43.0 Å². The quantitative estimate of drug-likeness (QED) is 0.831. The first-order valence-electron chi connectivity index (χ1n) is 10.7. The van der Waals surface area contributed by atoms with Gasteiger partial charge < -0.3 is 15.0 Å². The summed E-state index contributed by atoms with van der Waals surface area (Å²) in [5, 5.41) is 3.05. The molecule has 1 saturated carbocycles. The molecule has 1 N–H and O–H groups in total. The molecule has 158 valence electrons. The zero-order valence-electron chi connectivity index (χ0n) is 18.0. The van der Waals surface area contributed by atoms with Crippen molar-refractivity contribution >= 4 is 17.5 Å². The number of hydrogen-bond acceptors (Lipinski definition) is 3. The molecule has 0 atom stereocenters. The molecule has 2 amide bonds. The number of nitrogens with one attached hydrogen (secondary N) is 1. The second-order valence-corrected chi connectivity index (χ2v) is 9.35. The maximum Gasteiger partial charge on any atom is 0.254 e. The van der Waals surface area contributed by atoms with Crippen molar-refractivity contribution in [2.75, 3.05) is 31.6 Å². The molecule has 5 nitrogen and oxygen atoms in total. The predicted molar refractivity (Wildman–Crippen MR) is 118 cm³/mol. The summed E-state index contributed by atoms with van der Waals surface area (Å²) in [7, 11) is 0. The maximum absolute atomic E-state index is 13.1. The van der Waals surface area contributed by atoms with Gasteiger partial charge in [-0.3, -0.25) is 9.59 Å². The highest BCUT2D eigenvalue weighted by molar-refractivity contribution is 6.02. The largest absolute Gasteiger partial charge is 0.378 e. The van der Waals surface area contributed by atoms with Crippen molar-refractivity contribution in [3.05, 3.63) is 65.2 Å². The minimum atomic E-state index is -0.458. The number of benzene rings is 2. The number of carbonyl (C=O) groups is 2. The van der Waals surface area contributed by atoms with E-state index in [-0.39, 0.29) is 17.2 Å². The van der Waals surface area contributed by atoms with E-state index in [1.807, 2.05) is 12.1 Å². The number of nitrogens with zero attached hydrogens (tertiary/aromatic N) is 1. The Kier molecular flexibility index (Phi) is 5.41. The van der Waals surface area contributed by atoms with Crippen LogP contribution < -0.4 is 5.32 Å². The van der Waals surface area contributed by atoms with Crippen LogP contribution in [0.1, 0.15) is 55.1 Å². The Hall–Kier alpha value is -2.66. The van der Waals surface area contributed by atoms with Crippen LogP contribution in [0.25, 0.3) is 0 Å². The first kappa shape index (κ1) is 20.6. The summed E-state index contributed by atoms with van der Waals surface area (Å²) in [4.78, 5) is 27.7. The van der Waals surface area contributed by atoms with Gasteiger partial charge >= 0.3 is 0 Å². The molecule has 4 rings (SSSR count). The molecule has 2 aromatic carbocycles. The lowest BCUT2D eigenvalue weighted by Crippen LogP contribution is -2.40. The second-order valence-electron chi connectivity index (χ2n) is 9.35. The highest BCUT2D eigenvalue weighted by atomic mass is 16.5. The first-order valence-corrected chi connectivity index (χ1v) is 10.7. The van der Waals surface area contributed by atoms with E-state index in [9.17, 15) is 9.59 Å². The molecule has 1 aliphatic heterocycles. The molecule has 1 saturated heterocycles. The van der Waals surface area contributed by atoms with E-state index in [0.717, 1.165) is 18.4 Å². The molecule has 0 spiro atoms. The molecular weight excluding hydrogens is 376 g/mol. The summed E-state index contributed by atoms with van der Waals surface area (Å²) in [6, 6.07) is 15.7. The lowest BCUT2D eigenvalue weighted by molar-refractivity contribution is -0.118. The Balaban J connectivity index is 1.48. The zero-order chi connectivity index (χ0) is 21.4. The van der Waals surface area contributed by atoms with Gasteiger partial charge in [0.05, 0.1) is 18.6 Å². The molecule has 1 heterocycles. The predicted octanol–water partition coefficient (Wildman–Crippen LogP) is 4.13. The van der Waals surface area contributed by atoms with Gasteiger partial charge in [0.1, 0.15) is 0 Å². The summed E-state index contributed by atoms with van der Waals surface area (Å²) in [5.41, 5.74) is 3.21. The van der Waals surface area contributed by atoms with Crippen LogP contribution in [0.5, 0.6) is 0 Å². The highest BCUT2D eigenvalue weighted by Crippen LogP contribution is 2.49. The molecule has 2 aliphatic rings. The summed E-state index contributed by atoms with van der Waals surface area (Å²) in [5.74, 6) is -0.0183. The van der Waals surface area contributed by atoms with Crippen LogP contribution in [0.4, 0.5) is 5.69 Å². The molecule has 1 aliphatic carbocycles.